The minimum Gasteiger partial charge on any atom is -0.403 e. The van der Waals surface area contributed by atoms with Crippen LogP contribution in [0.5, 0.6) is 5.75 Å². The molecule has 1 saturated heterocycles. The molecule has 1 aliphatic heterocycles. The van der Waals surface area contributed by atoms with Gasteiger partial charge in [0, 0.05) is 37.2 Å². The van der Waals surface area contributed by atoms with Crippen LogP contribution in [0.2, 0.25) is 0 Å². The average Bonchev–Trinajstić information content (AvgIpc) is 2.69. The Morgan fingerprint density at radius 1 is 1.23 bits per heavy atom. The van der Waals surface area contributed by atoms with Crippen LogP contribution < -0.4 is 15.0 Å². The summed E-state index contributed by atoms with van der Waals surface area (Å²) in [5.74, 6) is -1.66. The Kier molecular flexibility index (Phi) is 6.70. The molecular weight excluding hydrogens is 408 g/mol. The molecule has 2 heterocycles. The molecule has 2 aromatic rings. The van der Waals surface area contributed by atoms with Crippen molar-refractivity contribution < 1.29 is 32.2 Å². The Balaban J connectivity index is 1.67. The molecule has 0 saturated carbocycles. The Bertz CT molecular complexity index is 886. The number of ether oxygens (including phenoxy) is 1. The highest BCUT2D eigenvalue weighted by atomic mass is 19.4. The number of hydrogen-bond donors (Lipinski definition) is 2. The van der Waals surface area contributed by atoms with Crippen molar-refractivity contribution in [1.82, 2.24) is 15.3 Å². The number of alkyl halides is 3. The molecule has 1 aromatic heterocycles. The molecular formula is C19H20F4N4O3. The molecule has 0 atom stereocenters. The van der Waals surface area contributed by atoms with E-state index in [2.05, 4.69) is 20.0 Å². The zero-order valence-electron chi connectivity index (χ0n) is 15.8. The number of amides is 1. The molecule has 0 aliphatic carbocycles. The number of benzene rings is 1. The number of hydrogen-bond acceptors (Lipinski definition) is 6. The van der Waals surface area contributed by atoms with Gasteiger partial charge in [-0.15, -0.1) is 13.2 Å². The number of anilines is 1. The van der Waals surface area contributed by atoms with Gasteiger partial charge in [-0.1, -0.05) is 0 Å². The van der Waals surface area contributed by atoms with Gasteiger partial charge in [0.25, 0.3) is 0 Å². The molecule has 1 amide bonds. The van der Waals surface area contributed by atoms with Gasteiger partial charge in [-0.2, -0.15) is 0 Å². The van der Waals surface area contributed by atoms with Gasteiger partial charge in [0.15, 0.2) is 11.6 Å². The minimum atomic E-state index is -4.98. The van der Waals surface area contributed by atoms with Crippen LogP contribution in [0.1, 0.15) is 19.3 Å². The van der Waals surface area contributed by atoms with Crippen molar-refractivity contribution in [2.75, 3.05) is 24.6 Å². The lowest BCUT2D eigenvalue weighted by Crippen LogP contribution is -2.45. The number of piperidine rings is 1. The lowest BCUT2D eigenvalue weighted by molar-refractivity contribution is -0.275. The lowest BCUT2D eigenvalue weighted by Gasteiger charge is -2.33. The smallest absolute Gasteiger partial charge is 0.403 e. The Labute approximate surface area is 169 Å². The number of aliphatic hydroxyl groups excluding tert-OH is 1. The molecule has 1 aliphatic rings. The minimum absolute atomic E-state index is 0.0110. The summed E-state index contributed by atoms with van der Waals surface area (Å²) < 4.78 is 54.5. The van der Waals surface area contributed by atoms with Crippen molar-refractivity contribution in [2.45, 2.75) is 31.7 Å². The summed E-state index contributed by atoms with van der Waals surface area (Å²) >= 11 is 0. The number of aliphatic hydroxyl groups is 1. The quantitative estimate of drug-likeness (QED) is 0.688. The van der Waals surface area contributed by atoms with Crippen LogP contribution in [-0.4, -0.2) is 53.1 Å². The summed E-state index contributed by atoms with van der Waals surface area (Å²) in [4.78, 5) is 21.9. The largest absolute Gasteiger partial charge is 0.573 e. The molecule has 0 spiro atoms. The van der Waals surface area contributed by atoms with Crippen molar-refractivity contribution in [3.05, 3.63) is 36.4 Å². The van der Waals surface area contributed by atoms with Gasteiger partial charge in [-0.25, -0.2) is 14.4 Å². The number of rotatable bonds is 6. The Hall–Kier alpha value is -2.95. The summed E-state index contributed by atoms with van der Waals surface area (Å²) in [6.07, 6.45) is -2.23. The summed E-state index contributed by atoms with van der Waals surface area (Å²) in [7, 11) is 0. The third kappa shape index (κ3) is 5.78. The fourth-order valence-corrected chi connectivity index (χ4v) is 3.20. The van der Waals surface area contributed by atoms with Crippen LogP contribution in [0, 0.1) is 5.82 Å². The van der Waals surface area contributed by atoms with E-state index >= 15 is 0 Å². The number of carbonyl (C=O) groups is 1. The number of nitrogens with one attached hydrogen (secondary N) is 1. The molecule has 1 aromatic carbocycles. The first kappa shape index (κ1) is 21.8. The van der Waals surface area contributed by atoms with Crippen LogP contribution in [-0.2, 0) is 4.79 Å². The third-order valence-electron chi connectivity index (χ3n) is 4.63. The number of carbonyl (C=O) groups excluding carboxylic acids is 1. The molecule has 0 radical (unpaired) electrons. The third-order valence-corrected chi connectivity index (χ3v) is 4.63. The first-order valence-corrected chi connectivity index (χ1v) is 9.28. The predicted molar refractivity (Wildman–Crippen MR) is 99.2 cm³/mol. The SMILES string of the molecule is O=C(CCO)NC1CCN(c2cc(-c3ccc(OC(F)(F)F)c(F)c3)ncn2)CC1. The van der Waals surface area contributed by atoms with Crippen molar-refractivity contribution in [3.8, 4) is 17.0 Å². The molecule has 0 bridgehead atoms. The predicted octanol–water partition coefficient (Wildman–Crippen LogP) is 2.65. The Morgan fingerprint density at radius 3 is 2.60 bits per heavy atom. The van der Waals surface area contributed by atoms with Gasteiger partial charge in [0.05, 0.1) is 12.3 Å². The van der Waals surface area contributed by atoms with E-state index in [1.807, 2.05) is 4.90 Å². The topological polar surface area (TPSA) is 87.6 Å². The monoisotopic (exact) mass is 428 g/mol. The first-order chi connectivity index (χ1) is 14.2. The molecule has 7 nitrogen and oxygen atoms in total. The number of halogens is 4. The standard InChI is InChI=1S/C19H20F4N4O3/c20-14-9-12(1-2-16(14)30-19(21,22)23)15-10-17(25-11-24-15)27-6-3-13(4-7-27)26-18(29)5-8-28/h1-2,9-11,13,28H,3-8H2,(H,26,29). The van der Waals surface area contributed by atoms with E-state index in [1.54, 1.807) is 6.07 Å². The second kappa shape index (κ2) is 9.24. The normalized spacial score (nSPS) is 15.2. The fourth-order valence-electron chi connectivity index (χ4n) is 3.20. The van der Waals surface area contributed by atoms with E-state index in [-0.39, 0.29) is 30.5 Å². The molecule has 162 valence electrons. The Morgan fingerprint density at radius 2 is 1.97 bits per heavy atom. The maximum atomic E-state index is 14.0. The highest BCUT2D eigenvalue weighted by Gasteiger charge is 2.32. The summed E-state index contributed by atoms with van der Waals surface area (Å²) in [6.45, 7) is 1.04. The number of aromatic nitrogens is 2. The first-order valence-electron chi connectivity index (χ1n) is 9.28. The zero-order chi connectivity index (χ0) is 21.7. The van der Waals surface area contributed by atoms with Gasteiger partial charge in [-0.3, -0.25) is 4.79 Å². The molecule has 1 fully saturated rings. The maximum absolute atomic E-state index is 14.0. The molecule has 11 heteroatoms. The maximum Gasteiger partial charge on any atom is 0.573 e. The second-order valence-electron chi connectivity index (χ2n) is 6.76. The highest BCUT2D eigenvalue weighted by molar-refractivity contribution is 5.76. The van der Waals surface area contributed by atoms with E-state index in [9.17, 15) is 22.4 Å². The molecule has 0 unspecified atom stereocenters. The van der Waals surface area contributed by atoms with E-state index in [4.69, 9.17) is 5.11 Å². The second-order valence-corrected chi connectivity index (χ2v) is 6.76. The molecule has 2 N–H and O–H groups in total. The zero-order valence-corrected chi connectivity index (χ0v) is 15.8. The van der Waals surface area contributed by atoms with Crippen LogP contribution in [0.4, 0.5) is 23.4 Å². The average molecular weight is 428 g/mol. The van der Waals surface area contributed by atoms with Gasteiger partial charge in [-0.05, 0) is 31.0 Å². The van der Waals surface area contributed by atoms with Crippen LogP contribution in [0.3, 0.4) is 0 Å². The molecule has 3 rings (SSSR count). The van der Waals surface area contributed by atoms with E-state index in [1.165, 1.54) is 12.4 Å². The van der Waals surface area contributed by atoms with Crippen molar-refractivity contribution >= 4 is 11.7 Å². The van der Waals surface area contributed by atoms with E-state index in [0.717, 1.165) is 12.1 Å². The van der Waals surface area contributed by atoms with Crippen molar-refractivity contribution in [3.63, 3.8) is 0 Å². The van der Waals surface area contributed by atoms with Gasteiger partial charge >= 0.3 is 6.36 Å². The van der Waals surface area contributed by atoms with Crippen molar-refractivity contribution in [1.29, 1.82) is 0 Å². The van der Waals surface area contributed by atoms with Crippen LogP contribution in [0.25, 0.3) is 11.3 Å². The molecule has 30 heavy (non-hydrogen) atoms. The van der Waals surface area contributed by atoms with Gasteiger partial charge < -0.3 is 20.1 Å². The highest BCUT2D eigenvalue weighted by Crippen LogP contribution is 2.30. The van der Waals surface area contributed by atoms with E-state index in [0.29, 0.717) is 37.4 Å². The lowest BCUT2D eigenvalue weighted by atomic mass is 10.0. The van der Waals surface area contributed by atoms with Crippen LogP contribution in [0.15, 0.2) is 30.6 Å². The summed E-state index contributed by atoms with van der Waals surface area (Å²) in [5, 5.41) is 11.7. The van der Waals surface area contributed by atoms with E-state index < -0.39 is 17.9 Å². The fraction of sp³-hybridized carbons (Fsp3) is 0.421. The summed E-state index contributed by atoms with van der Waals surface area (Å²) in [6, 6.07) is 4.76. The van der Waals surface area contributed by atoms with Gasteiger partial charge in [0.1, 0.15) is 12.1 Å². The summed E-state index contributed by atoms with van der Waals surface area (Å²) in [5.41, 5.74) is 0.646. The van der Waals surface area contributed by atoms with Gasteiger partial charge in [0.2, 0.25) is 5.91 Å². The number of nitrogens with zero attached hydrogens (tertiary/aromatic N) is 3. The van der Waals surface area contributed by atoms with Crippen molar-refractivity contribution in [2.24, 2.45) is 0 Å². The van der Waals surface area contributed by atoms with Crippen LogP contribution >= 0.6 is 0 Å².